The highest BCUT2D eigenvalue weighted by atomic mass is 79.9. The topological polar surface area (TPSA) is 32.8 Å². The molecule has 2 saturated heterocycles. The van der Waals surface area contributed by atoms with Crippen molar-refractivity contribution >= 4 is 21.8 Å². The van der Waals surface area contributed by atoms with E-state index in [9.17, 15) is 4.79 Å². The third-order valence-electron chi connectivity index (χ3n) is 6.06. The summed E-state index contributed by atoms with van der Waals surface area (Å²) in [6.45, 7) is 6.20. The maximum Gasteiger partial charge on any atom is 0.253 e. The van der Waals surface area contributed by atoms with Gasteiger partial charge in [0.2, 0.25) is 0 Å². The molecule has 2 aromatic rings. The summed E-state index contributed by atoms with van der Waals surface area (Å²) in [4.78, 5) is 17.2. The molecule has 2 aliphatic rings. The number of hydrogen-bond donors (Lipinski definition) is 0. The highest BCUT2D eigenvalue weighted by Gasteiger charge is 2.42. The molecule has 4 rings (SSSR count). The minimum absolute atomic E-state index is 0.103. The van der Waals surface area contributed by atoms with Gasteiger partial charge < -0.3 is 9.64 Å². The van der Waals surface area contributed by atoms with Gasteiger partial charge in [-0.2, -0.15) is 0 Å². The number of carbonyl (C=O) groups is 1. The highest BCUT2D eigenvalue weighted by molar-refractivity contribution is 9.10. The van der Waals surface area contributed by atoms with Crippen molar-refractivity contribution < 1.29 is 9.53 Å². The van der Waals surface area contributed by atoms with Crippen molar-refractivity contribution in [2.75, 3.05) is 26.4 Å². The monoisotopic (exact) mass is 456 g/mol. The Balaban J connectivity index is 1.31. The Hall–Kier alpha value is -1.69. The fraction of sp³-hybridized carbons (Fsp3) is 0.458. The second-order valence-corrected chi connectivity index (χ2v) is 9.23. The average molecular weight is 457 g/mol. The smallest absolute Gasteiger partial charge is 0.253 e. The Morgan fingerprint density at radius 1 is 1.10 bits per heavy atom. The van der Waals surface area contributed by atoms with E-state index in [4.69, 9.17) is 4.74 Å². The molecule has 0 unspecified atom stereocenters. The Bertz CT molecular complexity index is 844. The van der Waals surface area contributed by atoms with E-state index in [0.29, 0.717) is 6.73 Å². The van der Waals surface area contributed by atoms with E-state index < -0.39 is 0 Å². The molecule has 4 nitrogen and oxygen atoms in total. The first-order valence-electron chi connectivity index (χ1n) is 10.6. The quantitative estimate of drug-likeness (QED) is 0.643. The second kappa shape index (κ2) is 8.99. The summed E-state index contributed by atoms with van der Waals surface area (Å²) >= 11 is 3.55. The lowest BCUT2D eigenvalue weighted by molar-refractivity contribution is -0.0352. The molecule has 0 bridgehead atoms. The van der Waals surface area contributed by atoms with Gasteiger partial charge in [0.15, 0.2) is 0 Å². The molecule has 0 aliphatic carbocycles. The van der Waals surface area contributed by atoms with Crippen LogP contribution in [0.4, 0.5) is 0 Å². The third-order valence-corrected chi connectivity index (χ3v) is 6.55. The SMILES string of the molecule is CCCc1ccc(C(=O)N2CCC3(CC2)CN(Cc2cccc(Br)c2)CO3)cc1. The third kappa shape index (κ3) is 4.90. The molecular weight excluding hydrogens is 428 g/mol. The molecule has 0 N–H and O–H groups in total. The van der Waals surface area contributed by atoms with E-state index in [-0.39, 0.29) is 11.5 Å². The standard InChI is InChI=1S/C24H29BrN2O2/c1-2-4-19-7-9-21(10-8-19)23(28)27-13-11-24(12-14-27)17-26(18-29-24)16-20-5-3-6-22(25)15-20/h3,5-10,15H,2,4,11-14,16-18H2,1H3. The number of carbonyl (C=O) groups excluding carboxylic acids is 1. The first-order valence-corrected chi connectivity index (χ1v) is 11.4. The zero-order valence-electron chi connectivity index (χ0n) is 17.1. The van der Waals surface area contributed by atoms with E-state index in [1.54, 1.807) is 0 Å². The summed E-state index contributed by atoms with van der Waals surface area (Å²) < 4.78 is 7.36. The molecule has 0 aromatic heterocycles. The van der Waals surface area contributed by atoms with Crippen LogP contribution in [0.2, 0.25) is 0 Å². The maximum atomic E-state index is 12.9. The van der Waals surface area contributed by atoms with E-state index in [1.807, 2.05) is 17.0 Å². The predicted molar refractivity (Wildman–Crippen MR) is 119 cm³/mol. The Morgan fingerprint density at radius 2 is 1.86 bits per heavy atom. The molecule has 2 aromatic carbocycles. The van der Waals surface area contributed by atoms with Gasteiger partial charge in [-0.3, -0.25) is 9.69 Å². The van der Waals surface area contributed by atoms with Crippen molar-refractivity contribution in [1.29, 1.82) is 0 Å². The number of benzene rings is 2. The number of hydrogen-bond acceptors (Lipinski definition) is 3. The number of halogens is 1. The second-order valence-electron chi connectivity index (χ2n) is 8.31. The first-order chi connectivity index (χ1) is 14.1. The van der Waals surface area contributed by atoms with Gasteiger partial charge in [-0.1, -0.05) is 53.5 Å². The number of rotatable bonds is 5. The molecular formula is C24H29BrN2O2. The Kier molecular flexibility index (Phi) is 6.38. The fourth-order valence-electron chi connectivity index (χ4n) is 4.43. The van der Waals surface area contributed by atoms with Crippen LogP contribution in [0.5, 0.6) is 0 Å². The molecule has 29 heavy (non-hydrogen) atoms. The van der Waals surface area contributed by atoms with E-state index in [1.165, 1.54) is 11.1 Å². The van der Waals surface area contributed by atoms with Gasteiger partial charge in [-0.25, -0.2) is 0 Å². The molecule has 2 fully saturated rings. The van der Waals surface area contributed by atoms with Crippen LogP contribution < -0.4 is 0 Å². The van der Waals surface area contributed by atoms with E-state index in [2.05, 4.69) is 64.2 Å². The van der Waals surface area contributed by atoms with Crippen LogP contribution in [0.25, 0.3) is 0 Å². The van der Waals surface area contributed by atoms with Gasteiger partial charge in [0.1, 0.15) is 6.73 Å². The predicted octanol–water partition coefficient (Wildman–Crippen LogP) is 4.87. The Labute approximate surface area is 182 Å². The number of aryl methyl sites for hydroxylation is 1. The van der Waals surface area contributed by atoms with Gasteiger partial charge in [-0.05, 0) is 54.7 Å². The summed E-state index contributed by atoms with van der Waals surface area (Å²) in [5.41, 5.74) is 3.28. The zero-order chi connectivity index (χ0) is 20.3. The number of likely N-dealkylation sites (tertiary alicyclic amines) is 1. The van der Waals surface area contributed by atoms with Crippen LogP contribution in [0.1, 0.15) is 47.7 Å². The van der Waals surface area contributed by atoms with Crippen molar-refractivity contribution in [2.24, 2.45) is 0 Å². The molecule has 1 amide bonds. The van der Waals surface area contributed by atoms with Crippen molar-refractivity contribution in [2.45, 2.75) is 44.8 Å². The summed E-state index contributed by atoms with van der Waals surface area (Å²) in [5, 5.41) is 0. The van der Waals surface area contributed by atoms with E-state index in [0.717, 1.165) is 61.9 Å². The number of ether oxygens (including phenoxy) is 1. The first kappa shape index (κ1) is 20.6. The summed E-state index contributed by atoms with van der Waals surface area (Å²) in [6, 6.07) is 16.6. The lowest BCUT2D eigenvalue weighted by atomic mass is 9.91. The number of piperidine rings is 1. The molecule has 1 spiro atoms. The fourth-order valence-corrected chi connectivity index (χ4v) is 4.87. The number of nitrogens with zero attached hydrogens (tertiary/aromatic N) is 2. The Morgan fingerprint density at radius 3 is 2.55 bits per heavy atom. The maximum absolute atomic E-state index is 12.9. The van der Waals surface area contributed by atoms with Crippen LogP contribution in [0.3, 0.4) is 0 Å². The molecule has 5 heteroatoms. The van der Waals surface area contributed by atoms with Crippen LogP contribution in [-0.2, 0) is 17.7 Å². The molecule has 154 valence electrons. The van der Waals surface area contributed by atoms with Gasteiger partial charge in [-0.15, -0.1) is 0 Å². The number of amides is 1. The van der Waals surface area contributed by atoms with Crippen LogP contribution in [-0.4, -0.2) is 47.7 Å². The largest absolute Gasteiger partial charge is 0.358 e. The lowest BCUT2D eigenvalue weighted by Gasteiger charge is -2.38. The van der Waals surface area contributed by atoms with Crippen LogP contribution >= 0.6 is 15.9 Å². The average Bonchev–Trinajstić information content (AvgIpc) is 3.11. The minimum atomic E-state index is -0.103. The van der Waals surface area contributed by atoms with Gasteiger partial charge in [0.25, 0.3) is 5.91 Å². The summed E-state index contributed by atoms with van der Waals surface area (Å²) in [6.07, 6.45) is 4.00. The van der Waals surface area contributed by atoms with Crippen molar-refractivity contribution in [3.8, 4) is 0 Å². The van der Waals surface area contributed by atoms with Crippen molar-refractivity contribution in [1.82, 2.24) is 9.80 Å². The summed E-state index contributed by atoms with van der Waals surface area (Å²) in [7, 11) is 0. The normalized spacial score (nSPS) is 19.0. The molecule has 0 atom stereocenters. The van der Waals surface area contributed by atoms with E-state index >= 15 is 0 Å². The zero-order valence-corrected chi connectivity index (χ0v) is 18.7. The molecule has 2 aliphatic heterocycles. The van der Waals surface area contributed by atoms with Gasteiger partial charge in [0, 0.05) is 36.2 Å². The molecule has 0 saturated carbocycles. The van der Waals surface area contributed by atoms with Crippen LogP contribution in [0, 0.1) is 0 Å². The summed E-state index contributed by atoms with van der Waals surface area (Å²) in [5.74, 6) is 0.145. The van der Waals surface area contributed by atoms with Crippen LogP contribution in [0.15, 0.2) is 53.0 Å². The molecule has 2 heterocycles. The molecule has 0 radical (unpaired) electrons. The van der Waals surface area contributed by atoms with Gasteiger partial charge >= 0.3 is 0 Å². The minimum Gasteiger partial charge on any atom is -0.358 e. The van der Waals surface area contributed by atoms with Crippen molar-refractivity contribution in [3.05, 3.63) is 69.7 Å². The van der Waals surface area contributed by atoms with Crippen molar-refractivity contribution in [3.63, 3.8) is 0 Å². The van der Waals surface area contributed by atoms with Gasteiger partial charge in [0.05, 0.1) is 5.60 Å². The lowest BCUT2D eigenvalue weighted by Crippen LogP contribution is -2.48. The highest BCUT2D eigenvalue weighted by Crippen LogP contribution is 2.33.